The molecule has 78 valence electrons. The second-order valence-corrected chi connectivity index (χ2v) is 3.31. The molecule has 1 aromatic heterocycles. The molecule has 1 aromatic carbocycles. The molecule has 0 amide bonds. The number of ether oxygens (including phenoxy) is 1. The molecule has 0 saturated heterocycles. The summed E-state index contributed by atoms with van der Waals surface area (Å²) in [6.07, 6.45) is 0. The van der Waals surface area contributed by atoms with Crippen molar-refractivity contribution in [3.63, 3.8) is 0 Å². The Balaban J connectivity index is 2.41. The average molecular weight is 203 g/mol. The van der Waals surface area contributed by atoms with Gasteiger partial charge in [-0.15, -0.1) is 0 Å². The third kappa shape index (κ3) is 1.79. The molecule has 4 heteroatoms. The molecule has 0 aliphatic heterocycles. The van der Waals surface area contributed by atoms with Crippen molar-refractivity contribution in [3.05, 3.63) is 30.3 Å². The first kappa shape index (κ1) is 9.58. The van der Waals surface area contributed by atoms with Gasteiger partial charge in [-0.25, -0.2) is 0 Å². The van der Waals surface area contributed by atoms with Crippen LogP contribution in [0.2, 0.25) is 0 Å². The second-order valence-electron chi connectivity index (χ2n) is 3.31. The summed E-state index contributed by atoms with van der Waals surface area (Å²) in [7, 11) is 3.52. The third-order valence-corrected chi connectivity index (χ3v) is 2.28. The molecule has 1 heterocycles. The molecular formula is C11H13N3O. The number of nitrogens with two attached hydrogens (primary N) is 1. The van der Waals surface area contributed by atoms with Gasteiger partial charge in [0.25, 0.3) is 0 Å². The van der Waals surface area contributed by atoms with Gasteiger partial charge in [-0.3, -0.25) is 4.68 Å². The molecule has 0 bridgehead atoms. The number of nitrogen functional groups attached to an aromatic ring is 1. The van der Waals surface area contributed by atoms with Gasteiger partial charge in [-0.2, -0.15) is 5.10 Å². The van der Waals surface area contributed by atoms with E-state index in [0.717, 1.165) is 17.0 Å². The van der Waals surface area contributed by atoms with E-state index < -0.39 is 0 Å². The van der Waals surface area contributed by atoms with Crippen molar-refractivity contribution in [3.8, 4) is 17.0 Å². The first-order valence-electron chi connectivity index (χ1n) is 4.64. The Labute approximate surface area is 88.3 Å². The van der Waals surface area contributed by atoms with Crippen LogP contribution >= 0.6 is 0 Å². The number of anilines is 1. The van der Waals surface area contributed by atoms with Crippen LogP contribution in [0, 0.1) is 0 Å². The van der Waals surface area contributed by atoms with Gasteiger partial charge >= 0.3 is 0 Å². The fourth-order valence-corrected chi connectivity index (χ4v) is 1.52. The Kier molecular flexibility index (Phi) is 2.33. The Morgan fingerprint density at radius 3 is 2.40 bits per heavy atom. The molecule has 15 heavy (non-hydrogen) atoms. The summed E-state index contributed by atoms with van der Waals surface area (Å²) in [5.41, 5.74) is 7.68. The Morgan fingerprint density at radius 1 is 1.27 bits per heavy atom. The zero-order valence-electron chi connectivity index (χ0n) is 8.77. The summed E-state index contributed by atoms with van der Waals surface area (Å²) in [5, 5.41) is 4.09. The largest absolute Gasteiger partial charge is 0.497 e. The lowest BCUT2D eigenvalue weighted by molar-refractivity contribution is 0.415. The SMILES string of the molecule is COc1ccc(-c2cc(N)nn2C)cc1. The molecule has 0 radical (unpaired) electrons. The van der Waals surface area contributed by atoms with Crippen LogP contribution in [-0.4, -0.2) is 16.9 Å². The number of nitrogens with zero attached hydrogens (tertiary/aromatic N) is 2. The molecule has 0 spiro atoms. The van der Waals surface area contributed by atoms with E-state index >= 15 is 0 Å². The molecule has 0 saturated carbocycles. The number of rotatable bonds is 2. The molecule has 0 atom stereocenters. The highest BCUT2D eigenvalue weighted by Crippen LogP contribution is 2.23. The normalized spacial score (nSPS) is 10.3. The summed E-state index contributed by atoms with van der Waals surface area (Å²) < 4.78 is 6.85. The Morgan fingerprint density at radius 2 is 1.93 bits per heavy atom. The predicted molar refractivity (Wildman–Crippen MR) is 59.6 cm³/mol. The number of benzene rings is 1. The fourth-order valence-electron chi connectivity index (χ4n) is 1.52. The zero-order chi connectivity index (χ0) is 10.8. The van der Waals surface area contributed by atoms with E-state index in [1.165, 1.54) is 0 Å². The highest BCUT2D eigenvalue weighted by molar-refractivity contribution is 5.63. The van der Waals surface area contributed by atoms with E-state index in [0.29, 0.717) is 5.82 Å². The van der Waals surface area contributed by atoms with Gasteiger partial charge in [0.05, 0.1) is 12.8 Å². The highest BCUT2D eigenvalue weighted by atomic mass is 16.5. The lowest BCUT2D eigenvalue weighted by Gasteiger charge is -2.03. The molecular weight excluding hydrogens is 190 g/mol. The number of methoxy groups -OCH3 is 1. The molecule has 0 fully saturated rings. The molecule has 4 nitrogen and oxygen atoms in total. The monoisotopic (exact) mass is 203 g/mol. The predicted octanol–water partition coefficient (Wildman–Crippen LogP) is 1.68. The van der Waals surface area contributed by atoms with Gasteiger partial charge in [0.1, 0.15) is 11.6 Å². The zero-order valence-corrected chi connectivity index (χ0v) is 8.77. The van der Waals surface area contributed by atoms with Crippen molar-refractivity contribution in [1.29, 1.82) is 0 Å². The fraction of sp³-hybridized carbons (Fsp3) is 0.182. The average Bonchev–Trinajstić information content (AvgIpc) is 2.58. The van der Waals surface area contributed by atoms with Crippen molar-refractivity contribution in [2.24, 2.45) is 7.05 Å². The van der Waals surface area contributed by atoms with Crippen molar-refractivity contribution in [1.82, 2.24) is 9.78 Å². The minimum absolute atomic E-state index is 0.531. The first-order valence-corrected chi connectivity index (χ1v) is 4.64. The van der Waals surface area contributed by atoms with Crippen molar-refractivity contribution < 1.29 is 4.74 Å². The number of aryl methyl sites for hydroxylation is 1. The lowest BCUT2D eigenvalue weighted by Crippen LogP contribution is -1.94. The minimum Gasteiger partial charge on any atom is -0.497 e. The van der Waals surface area contributed by atoms with Crippen LogP contribution in [0.3, 0.4) is 0 Å². The van der Waals surface area contributed by atoms with Gasteiger partial charge in [-0.05, 0) is 24.3 Å². The van der Waals surface area contributed by atoms with Gasteiger partial charge in [0.15, 0.2) is 0 Å². The molecule has 0 aliphatic carbocycles. The van der Waals surface area contributed by atoms with Crippen LogP contribution in [0.4, 0.5) is 5.82 Å². The van der Waals surface area contributed by atoms with Gasteiger partial charge < -0.3 is 10.5 Å². The molecule has 2 rings (SSSR count). The van der Waals surface area contributed by atoms with Crippen LogP contribution < -0.4 is 10.5 Å². The van der Waals surface area contributed by atoms with Gasteiger partial charge in [-0.1, -0.05) is 0 Å². The minimum atomic E-state index is 0.531. The summed E-state index contributed by atoms with van der Waals surface area (Å²) in [6.45, 7) is 0. The smallest absolute Gasteiger partial charge is 0.146 e. The second kappa shape index (κ2) is 3.65. The molecule has 2 N–H and O–H groups in total. The van der Waals surface area contributed by atoms with E-state index in [4.69, 9.17) is 10.5 Å². The van der Waals surface area contributed by atoms with Crippen LogP contribution in [0.1, 0.15) is 0 Å². The standard InChI is InChI=1S/C11H13N3O/c1-14-10(7-11(12)13-14)8-3-5-9(15-2)6-4-8/h3-7H,1-2H3,(H2,12,13). The van der Waals surface area contributed by atoms with Crippen LogP contribution in [0.15, 0.2) is 30.3 Å². The van der Waals surface area contributed by atoms with Crippen molar-refractivity contribution in [2.45, 2.75) is 0 Å². The molecule has 2 aromatic rings. The maximum absolute atomic E-state index is 5.62. The van der Waals surface area contributed by atoms with Crippen molar-refractivity contribution >= 4 is 5.82 Å². The van der Waals surface area contributed by atoms with Crippen molar-refractivity contribution in [2.75, 3.05) is 12.8 Å². The maximum Gasteiger partial charge on any atom is 0.146 e. The van der Waals surface area contributed by atoms with E-state index in [2.05, 4.69) is 5.10 Å². The van der Waals surface area contributed by atoms with E-state index in [9.17, 15) is 0 Å². The van der Waals surface area contributed by atoms with Crippen LogP contribution in [-0.2, 0) is 7.05 Å². The summed E-state index contributed by atoms with van der Waals surface area (Å²) in [5.74, 6) is 1.37. The van der Waals surface area contributed by atoms with Crippen LogP contribution in [0.25, 0.3) is 11.3 Å². The summed E-state index contributed by atoms with van der Waals surface area (Å²) in [6, 6.07) is 9.64. The Bertz CT molecular complexity index is 459. The third-order valence-electron chi connectivity index (χ3n) is 2.28. The lowest BCUT2D eigenvalue weighted by atomic mass is 10.1. The highest BCUT2D eigenvalue weighted by Gasteiger charge is 2.04. The van der Waals surface area contributed by atoms with Gasteiger partial charge in [0, 0.05) is 18.7 Å². The number of aromatic nitrogens is 2. The number of hydrogen-bond donors (Lipinski definition) is 1. The molecule has 0 unspecified atom stereocenters. The Hall–Kier alpha value is -1.97. The summed E-state index contributed by atoms with van der Waals surface area (Å²) >= 11 is 0. The molecule has 0 aliphatic rings. The quantitative estimate of drug-likeness (QED) is 0.807. The van der Waals surface area contributed by atoms with E-state index in [-0.39, 0.29) is 0 Å². The van der Waals surface area contributed by atoms with Gasteiger partial charge in [0.2, 0.25) is 0 Å². The van der Waals surface area contributed by atoms with E-state index in [1.54, 1.807) is 11.8 Å². The van der Waals surface area contributed by atoms with E-state index in [1.807, 2.05) is 37.4 Å². The van der Waals surface area contributed by atoms with Crippen LogP contribution in [0.5, 0.6) is 5.75 Å². The summed E-state index contributed by atoms with van der Waals surface area (Å²) in [4.78, 5) is 0. The number of hydrogen-bond acceptors (Lipinski definition) is 3. The topological polar surface area (TPSA) is 53.1 Å². The maximum atomic E-state index is 5.62. The first-order chi connectivity index (χ1) is 7.20.